The first-order valence-electron chi connectivity index (χ1n) is 6.39. The van der Waals surface area contributed by atoms with E-state index < -0.39 is 12.0 Å². The minimum Gasteiger partial charge on any atom is -0.489 e. The second-order valence-corrected chi connectivity index (χ2v) is 4.57. The van der Waals surface area contributed by atoms with Crippen LogP contribution in [-0.4, -0.2) is 17.1 Å². The molecule has 0 aliphatic heterocycles. The number of carbonyl (C=O) groups is 1. The zero-order valence-corrected chi connectivity index (χ0v) is 11.0. The van der Waals surface area contributed by atoms with Crippen LogP contribution in [0.4, 0.5) is 0 Å². The van der Waals surface area contributed by atoms with Gasteiger partial charge in [-0.2, -0.15) is 0 Å². The molecule has 2 aromatic carbocycles. The molecule has 0 aromatic heterocycles. The molecular weight excluding hydrogens is 254 g/mol. The van der Waals surface area contributed by atoms with Gasteiger partial charge in [-0.25, -0.2) is 0 Å². The molecule has 104 valence electrons. The van der Waals surface area contributed by atoms with E-state index in [9.17, 15) is 4.79 Å². The van der Waals surface area contributed by atoms with E-state index in [2.05, 4.69) is 0 Å². The van der Waals surface area contributed by atoms with Gasteiger partial charge in [0.1, 0.15) is 18.4 Å². The number of rotatable bonds is 6. The number of benzene rings is 2. The summed E-state index contributed by atoms with van der Waals surface area (Å²) in [5.41, 5.74) is 7.46. The Morgan fingerprint density at radius 2 is 1.80 bits per heavy atom. The first-order valence-corrected chi connectivity index (χ1v) is 6.39. The van der Waals surface area contributed by atoms with E-state index in [1.807, 2.05) is 54.6 Å². The highest BCUT2D eigenvalue weighted by atomic mass is 16.5. The number of carboxylic acids is 1. The smallest absolute Gasteiger partial charge is 0.320 e. The molecule has 0 aliphatic rings. The van der Waals surface area contributed by atoms with Crippen molar-refractivity contribution in [3.63, 3.8) is 0 Å². The van der Waals surface area contributed by atoms with Crippen LogP contribution < -0.4 is 10.5 Å². The Bertz CT molecular complexity index is 569. The number of hydrogen-bond acceptors (Lipinski definition) is 3. The molecule has 4 nitrogen and oxygen atoms in total. The number of nitrogens with two attached hydrogens (primary N) is 1. The van der Waals surface area contributed by atoms with Crippen molar-refractivity contribution in [2.75, 3.05) is 0 Å². The molecule has 0 saturated carbocycles. The zero-order chi connectivity index (χ0) is 14.4. The molecule has 1 atom stereocenters. The van der Waals surface area contributed by atoms with E-state index >= 15 is 0 Å². The lowest BCUT2D eigenvalue weighted by Gasteiger charge is -2.10. The topological polar surface area (TPSA) is 72.5 Å². The van der Waals surface area contributed by atoms with Crippen LogP contribution in [0, 0.1) is 0 Å². The Morgan fingerprint density at radius 3 is 2.50 bits per heavy atom. The molecule has 20 heavy (non-hydrogen) atoms. The fraction of sp³-hybridized carbons (Fsp3) is 0.188. The predicted molar refractivity (Wildman–Crippen MR) is 76.5 cm³/mol. The first kappa shape index (κ1) is 14.1. The van der Waals surface area contributed by atoms with Crippen LogP contribution in [0.1, 0.15) is 11.1 Å². The summed E-state index contributed by atoms with van der Waals surface area (Å²) in [4.78, 5) is 10.7. The molecule has 0 fully saturated rings. The molecule has 0 radical (unpaired) electrons. The maximum Gasteiger partial charge on any atom is 0.320 e. The van der Waals surface area contributed by atoms with Gasteiger partial charge in [-0.15, -0.1) is 0 Å². The molecule has 0 heterocycles. The minimum absolute atomic E-state index is 0.290. The fourth-order valence-corrected chi connectivity index (χ4v) is 1.84. The Kier molecular flexibility index (Phi) is 4.74. The van der Waals surface area contributed by atoms with Crippen LogP contribution in [0.25, 0.3) is 0 Å². The fourth-order valence-electron chi connectivity index (χ4n) is 1.84. The molecule has 0 unspecified atom stereocenters. The molecule has 0 aliphatic carbocycles. The molecule has 0 saturated heterocycles. The highest BCUT2D eigenvalue weighted by molar-refractivity contribution is 5.73. The minimum atomic E-state index is -0.999. The van der Waals surface area contributed by atoms with Crippen molar-refractivity contribution < 1.29 is 14.6 Å². The van der Waals surface area contributed by atoms with Gasteiger partial charge in [0, 0.05) is 0 Å². The number of aliphatic carboxylic acids is 1. The van der Waals surface area contributed by atoms with Gasteiger partial charge in [0.15, 0.2) is 0 Å². The van der Waals surface area contributed by atoms with Gasteiger partial charge in [-0.05, 0) is 29.7 Å². The average Bonchev–Trinajstić information content (AvgIpc) is 2.46. The van der Waals surface area contributed by atoms with Crippen molar-refractivity contribution in [2.24, 2.45) is 5.73 Å². The molecule has 3 N–H and O–H groups in total. The van der Waals surface area contributed by atoms with Crippen molar-refractivity contribution >= 4 is 5.97 Å². The molecule has 0 amide bonds. The summed E-state index contributed by atoms with van der Waals surface area (Å²) in [6.07, 6.45) is 0.290. The predicted octanol–water partition coefficient (Wildman–Crippen LogP) is 2.22. The third kappa shape index (κ3) is 4.10. The van der Waals surface area contributed by atoms with E-state index in [0.29, 0.717) is 12.4 Å². The average molecular weight is 271 g/mol. The van der Waals surface area contributed by atoms with Gasteiger partial charge in [-0.3, -0.25) is 4.79 Å². The largest absolute Gasteiger partial charge is 0.489 e. The molecule has 2 aromatic rings. The summed E-state index contributed by atoms with van der Waals surface area (Å²) in [6.45, 7) is 0.481. The lowest BCUT2D eigenvalue weighted by Crippen LogP contribution is -2.32. The van der Waals surface area contributed by atoms with Crippen molar-refractivity contribution in [1.82, 2.24) is 0 Å². The quantitative estimate of drug-likeness (QED) is 0.845. The second-order valence-electron chi connectivity index (χ2n) is 4.57. The maximum atomic E-state index is 10.7. The zero-order valence-electron chi connectivity index (χ0n) is 11.0. The van der Waals surface area contributed by atoms with Crippen LogP contribution in [-0.2, 0) is 17.8 Å². The van der Waals surface area contributed by atoms with Crippen LogP contribution in [0.2, 0.25) is 0 Å². The highest BCUT2D eigenvalue weighted by Crippen LogP contribution is 2.16. The number of hydrogen-bond donors (Lipinski definition) is 2. The Morgan fingerprint density at radius 1 is 1.10 bits per heavy atom. The highest BCUT2D eigenvalue weighted by Gasteiger charge is 2.12. The molecule has 0 bridgehead atoms. The molecule has 2 rings (SSSR count). The van der Waals surface area contributed by atoms with Gasteiger partial charge in [0.25, 0.3) is 0 Å². The van der Waals surface area contributed by atoms with Gasteiger partial charge >= 0.3 is 5.97 Å². The van der Waals surface area contributed by atoms with Crippen LogP contribution in [0.15, 0.2) is 54.6 Å². The number of carboxylic acid groups (broad SMARTS) is 1. The maximum absolute atomic E-state index is 10.7. The lowest BCUT2D eigenvalue weighted by atomic mass is 10.1. The third-order valence-corrected chi connectivity index (χ3v) is 2.92. The Labute approximate surface area is 117 Å². The summed E-state index contributed by atoms with van der Waals surface area (Å²) < 4.78 is 5.69. The SMILES string of the molecule is N[C@@H](Cc1cccc(OCc2ccccc2)c1)C(=O)O. The summed E-state index contributed by atoms with van der Waals surface area (Å²) in [5.74, 6) is -0.287. The van der Waals surface area contributed by atoms with Crippen molar-refractivity contribution in [3.8, 4) is 5.75 Å². The summed E-state index contributed by atoms with van der Waals surface area (Å²) in [7, 11) is 0. The van der Waals surface area contributed by atoms with Crippen molar-refractivity contribution in [3.05, 3.63) is 65.7 Å². The van der Waals surface area contributed by atoms with E-state index in [-0.39, 0.29) is 6.42 Å². The van der Waals surface area contributed by atoms with Gasteiger partial charge < -0.3 is 15.6 Å². The second kappa shape index (κ2) is 6.73. The van der Waals surface area contributed by atoms with Gasteiger partial charge in [0.2, 0.25) is 0 Å². The Balaban J connectivity index is 1.97. The van der Waals surface area contributed by atoms with Crippen LogP contribution in [0.5, 0.6) is 5.75 Å². The van der Waals surface area contributed by atoms with E-state index in [0.717, 1.165) is 11.1 Å². The molecule has 0 spiro atoms. The normalized spacial score (nSPS) is 11.8. The lowest BCUT2D eigenvalue weighted by molar-refractivity contribution is -0.138. The van der Waals surface area contributed by atoms with Crippen LogP contribution >= 0.6 is 0 Å². The summed E-state index contributed by atoms with van der Waals surface area (Å²) in [5, 5.41) is 8.81. The summed E-state index contributed by atoms with van der Waals surface area (Å²) >= 11 is 0. The van der Waals surface area contributed by atoms with E-state index in [4.69, 9.17) is 15.6 Å². The van der Waals surface area contributed by atoms with Gasteiger partial charge in [0.05, 0.1) is 0 Å². The van der Waals surface area contributed by atoms with E-state index in [1.54, 1.807) is 0 Å². The monoisotopic (exact) mass is 271 g/mol. The third-order valence-electron chi connectivity index (χ3n) is 2.92. The van der Waals surface area contributed by atoms with Crippen LogP contribution in [0.3, 0.4) is 0 Å². The number of ether oxygens (including phenoxy) is 1. The van der Waals surface area contributed by atoms with Gasteiger partial charge in [-0.1, -0.05) is 42.5 Å². The van der Waals surface area contributed by atoms with Crippen molar-refractivity contribution in [2.45, 2.75) is 19.1 Å². The standard InChI is InChI=1S/C16H17NO3/c17-15(16(18)19)10-13-7-4-8-14(9-13)20-11-12-5-2-1-3-6-12/h1-9,15H,10-11,17H2,(H,18,19)/t15-/m0/s1. The molecular formula is C16H17NO3. The van der Waals surface area contributed by atoms with E-state index in [1.165, 1.54) is 0 Å². The van der Waals surface area contributed by atoms with Crippen molar-refractivity contribution in [1.29, 1.82) is 0 Å². The Hall–Kier alpha value is -2.33. The summed E-state index contributed by atoms with van der Waals surface area (Å²) in [6, 6.07) is 16.3. The molecule has 4 heteroatoms. The first-order chi connectivity index (χ1) is 9.65.